The summed E-state index contributed by atoms with van der Waals surface area (Å²) in [6.07, 6.45) is 0.989. The molecule has 0 heterocycles. The molecule has 0 bridgehead atoms. The summed E-state index contributed by atoms with van der Waals surface area (Å²) in [6.45, 7) is 7.33. The van der Waals surface area contributed by atoms with Crippen molar-refractivity contribution in [2.75, 3.05) is 25.5 Å². The van der Waals surface area contributed by atoms with E-state index >= 15 is 0 Å². The summed E-state index contributed by atoms with van der Waals surface area (Å²) >= 11 is 0. The highest BCUT2D eigenvalue weighted by molar-refractivity contribution is 5.95. The number of hydrogen-bond donors (Lipinski definition) is 1. The molecule has 6 heteroatoms. The Kier molecular flexibility index (Phi) is 6.14. The maximum Gasteiger partial charge on any atom is 0.293 e. The van der Waals surface area contributed by atoms with Crippen LogP contribution in [-0.2, 0) is 0 Å². The van der Waals surface area contributed by atoms with Gasteiger partial charge >= 0.3 is 0 Å². The van der Waals surface area contributed by atoms with E-state index < -0.39 is 4.92 Å². The molecule has 0 aliphatic carbocycles. The van der Waals surface area contributed by atoms with Crippen LogP contribution >= 0.6 is 0 Å². The number of carbonyl (C=O) groups is 1. The molecule has 1 aromatic rings. The molecule has 21 heavy (non-hydrogen) atoms. The number of amides is 1. The summed E-state index contributed by atoms with van der Waals surface area (Å²) in [5.74, 6) is 0.240. The zero-order valence-corrected chi connectivity index (χ0v) is 13.0. The monoisotopic (exact) mass is 293 g/mol. The average molecular weight is 293 g/mol. The summed E-state index contributed by atoms with van der Waals surface area (Å²) in [6, 6.07) is 4.54. The van der Waals surface area contributed by atoms with Crippen molar-refractivity contribution in [1.29, 1.82) is 0 Å². The summed E-state index contributed by atoms with van der Waals surface area (Å²) < 4.78 is 0. The molecule has 0 aromatic heterocycles. The Balaban J connectivity index is 3.05. The van der Waals surface area contributed by atoms with Gasteiger partial charge in [0.1, 0.15) is 5.69 Å². The Morgan fingerprint density at radius 2 is 2.10 bits per heavy atom. The molecular weight excluding hydrogens is 270 g/mol. The van der Waals surface area contributed by atoms with Crippen molar-refractivity contribution in [3.05, 3.63) is 33.9 Å². The lowest BCUT2D eigenvalue weighted by Gasteiger charge is -2.24. The fraction of sp³-hybridized carbons (Fsp3) is 0.533. The number of nitro groups is 1. The second-order valence-electron chi connectivity index (χ2n) is 5.10. The predicted molar refractivity (Wildman–Crippen MR) is 83.7 cm³/mol. The number of rotatable bonds is 7. The standard InChI is InChI=1S/C15H23N3O3/c1-5-11(3)10-17(6-2)15(19)12-7-8-13(16-4)14(9-12)18(20)21/h7-9,11,16H,5-6,10H2,1-4H3. The zero-order valence-electron chi connectivity index (χ0n) is 13.0. The van der Waals surface area contributed by atoms with Crippen LogP contribution in [-0.4, -0.2) is 35.9 Å². The SMILES string of the molecule is CCC(C)CN(CC)C(=O)c1ccc(NC)c([N+](=O)[O-])c1. The Labute approximate surface area is 125 Å². The van der Waals surface area contributed by atoms with Crippen LogP contribution < -0.4 is 5.32 Å². The Morgan fingerprint density at radius 1 is 1.43 bits per heavy atom. The van der Waals surface area contributed by atoms with Crippen molar-refractivity contribution in [2.24, 2.45) is 5.92 Å². The molecule has 0 fully saturated rings. The summed E-state index contributed by atoms with van der Waals surface area (Å²) in [7, 11) is 1.62. The summed E-state index contributed by atoms with van der Waals surface area (Å²) in [5.41, 5.74) is 0.676. The van der Waals surface area contributed by atoms with E-state index in [2.05, 4.69) is 19.2 Å². The van der Waals surface area contributed by atoms with Gasteiger partial charge in [-0.15, -0.1) is 0 Å². The first-order chi connectivity index (χ1) is 9.94. The largest absolute Gasteiger partial charge is 0.383 e. The molecule has 1 N–H and O–H groups in total. The molecule has 1 atom stereocenters. The van der Waals surface area contributed by atoms with Gasteiger partial charge in [-0.3, -0.25) is 14.9 Å². The number of benzene rings is 1. The van der Waals surface area contributed by atoms with E-state index in [0.717, 1.165) is 6.42 Å². The first-order valence-corrected chi connectivity index (χ1v) is 7.20. The summed E-state index contributed by atoms with van der Waals surface area (Å²) in [4.78, 5) is 24.8. The highest BCUT2D eigenvalue weighted by atomic mass is 16.6. The minimum Gasteiger partial charge on any atom is -0.383 e. The highest BCUT2D eigenvalue weighted by Gasteiger charge is 2.20. The normalized spacial score (nSPS) is 11.8. The molecule has 1 rings (SSSR count). The fourth-order valence-corrected chi connectivity index (χ4v) is 2.07. The molecular formula is C15H23N3O3. The lowest BCUT2D eigenvalue weighted by Crippen LogP contribution is -2.34. The Hall–Kier alpha value is -2.11. The number of nitro benzene ring substituents is 1. The molecule has 0 spiro atoms. The highest BCUT2D eigenvalue weighted by Crippen LogP contribution is 2.25. The van der Waals surface area contributed by atoms with Gasteiger partial charge in [-0.2, -0.15) is 0 Å². The van der Waals surface area contributed by atoms with E-state index in [1.54, 1.807) is 24.1 Å². The molecule has 0 saturated carbocycles. The lowest BCUT2D eigenvalue weighted by molar-refractivity contribution is -0.384. The zero-order chi connectivity index (χ0) is 16.0. The molecule has 0 saturated heterocycles. The lowest BCUT2D eigenvalue weighted by atomic mass is 10.1. The van der Waals surface area contributed by atoms with Crippen molar-refractivity contribution >= 4 is 17.3 Å². The van der Waals surface area contributed by atoms with E-state index in [9.17, 15) is 14.9 Å². The average Bonchev–Trinajstić information content (AvgIpc) is 2.50. The third-order valence-corrected chi connectivity index (χ3v) is 3.61. The molecule has 1 aromatic carbocycles. The van der Waals surface area contributed by atoms with Gasteiger partial charge in [0.2, 0.25) is 0 Å². The molecule has 0 aliphatic heterocycles. The Morgan fingerprint density at radius 3 is 2.57 bits per heavy atom. The van der Waals surface area contributed by atoms with Gasteiger partial charge in [-0.1, -0.05) is 20.3 Å². The smallest absolute Gasteiger partial charge is 0.293 e. The second kappa shape index (κ2) is 7.61. The van der Waals surface area contributed by atoms with Crippen LogP contribution in [0.4, 0.5) is 11.4 Å². The Bertz CT molecular complexity index is 517. The minimum atomic E-state index is -0.479. The van der Waals surface area contributed by atoms with Crippen molar-refractivity contribution in [3.63, 3.8) is 0 Å². The van der Waals surface area contributed by atoms with Crippen LogP contribution in [0.15, 0.2) is 18.2 Å². The van der Waals surface area contributed by atoms with Gasteiger partial charge in [-0.25, -0.2) is 0 Å². The van der Waals surface area contributed by atoms with Crippen molar-refractivity contribution in [3.8, 4) is 0 Å². The number of anilines is 1. The van der Waals surface area contributed by atoms with Gasteiger partial charge in [0.05, 0.1) is 4.92 Å². The first kappa shape index (κ1) is 16.9. The number of nitrogens with zero attached hydrogens (tertiary/aromatic N) is 2. The van der Waals surface area contributed by atoms with Gasteiger partial charge < -0.3 is 10.2 Å². The quantitative estimate of drug-likeness (QED) is 0.619. The number of hydrogen-bond acceptors (Lipinski definition) is 4. The van der Waals surface area contributed by atoms with Crippen LogP contribution in [0.25, 0.3) is 0 Å². The van der Waals surface area contributed by atoms with Gasteiger partial charge in [-0.05, 0) is 25.0 Å². The molecule has 0 radical (unpaired) electrons. The maximum atomic E-state index is 12.5. The van der Waals surface area contributed by atoms with E-state index in [1.165, 1.54) is 6.07 Å². The maximum absolute atomic E-state index is 12.5. The first-order valence-electron chi connectivity index (χ1n) is 7.20. The molecule has 1 amide bonds. The van der Waals surface area contributed by atoms with E-state index in [1.807, 2.05) is 6.92 Å². The van der Waals surface area contributed by atoms with Gasteiger partial charge in [0.25, 0.3) is 11.6 Å². The summed E-state index contributed by atoms with van der Waals surface area (Å²) in [5, 5.41) is 13.8. The van der Waals surface area contributed by atoms with Crippen molar-refractivity contribution in [2.45, 2.75) is 27.2 Å². The molecule has 116 valence electrons. The topological polar surface area (TPSA) is 75.5 Å². The number of nitrogens with one attached hydrogen (secondary N) is 1. The molecule has 6 nitrogen and oxygen atoms in total. The second-order valence-corrected chi connectivity index (χ2v) is 5.10. The van der Waals surface area contributed by atoms with Gasteiger partial charge in [0.15, 0.2) is 0 Å². The molecule has 0 aliphatic rings. The number of carbonyl (C=O) groups excluding carboxylic acids is 1. The molecule has 1 unspecified atom stereocenters. The predicted octanol–water partition coefficient (Wildman–Crippen LogP) is 3.14. The van der Waals surface area contributed by atoms with E-state index in [-0.39, 0.29) is 11.6 Å². The van der Waals surface area contributed by atoms with Crippen molar-refractivity contribution < 1.29 is 9.72 Å². The van der Waals surface area contributed by atoms with E-state index in [4.69, 9.17) is 0 Å². The van der Waals surface area contributed by atoms with E-state index in [0.29, 0.717) is 30.3 Å². The van der Waals surface area contributed by atoms with Crippen molar-refractivity contribution in [1.82, 2.24) is 4.90 Å². The minimum absolute atomic E-state index is 0.0806. The fourth-order valence-electron chi connectivity index (χ4n) is 2.07. The third kappa shape index (κ3) is 4.18. The van der Waals surface area contributed by atoms with Gasteiger partial charge in [0, 0.05) is 31.8 Å². The van der Waals surface area contributed by atoms with Crippen LogP contribution in [0.2, 0.25) is 0 Å². The van der Waals surface area contributed by atoms with Crippen LogP contribution in [0.1, 0.15) is 37.6 Å². The third-order valence-electron chi connectivity index (χ3n) is 3.61. The van der Waals surface area contributed by atoms with Crippen LogP contribution in [0.5, 0.6) is 0 Å². The van der Waals surface area contributed by atoms with Crippen LogP contribution in [0, 0.1) is 16.0 Å². The van der Waals surface area contributed by atoms with Crippen LogP contribution in [0.3, 0.4) is 0 Å².